The van der Waals surface area contributed by atoms with Gasteiger partial charge in [0, 0.05) is 11.3 Å². The van der Waals surface area contributed by atoms with Crippen LogP contribution in [0.1, 0.15) is 71.6 Å². The monoisotopic (exact) mass is 318 g/mol. The highest BCUT2D eigenvalue weighted by Gasteiger charge is 2.62. The molecule has 4 aliphatic rings. The highest BCUT2D eigenvalue weighted by atomic mass is 16.6. The van der Waals surface area contributed by atoms with Crippen LogP contribution in [0.5, 0.6) is 0 Å². The summed E-state index contributed by atoms with van der Waals surface area (Å²) in [7, 11) is 0. The van der Waals surface area contributed by atoms with Gasteiger partial charge in [-0.3, -0.25) is 4.79 Å². The van der Waals surface area contributed by atoms with Gasteiger partial charge in [-0.2, -0.15) is 0 Å². The third kappa shape index (κ3) is 2.08. The van der Waals surface area contributed by atoms with E-state index in [0.717, 1.165) is 57.8 Å². The molecule has 0 amide bonds. The molecule has 23 heavy (non-hydrogen) atoms. The minimum Gasteiger partial charge on any atom is -0.459 e. The SMILES string of the molecule is C=C1C[C@]2(CC[C@@H]3[C@@]4(C)CCC[C@]3(C)OC4=O)C[C@H]1CC[C@H]2O. The van der Waals surface area contributed by atoms with Crippen molar-refractivity contribution in [2.24, 2.45) is 22.7 Å². The summed E-state index contributed by atoms with van der Waals surface area (Å²) in [6.45, 7) is 8.50. The molecule has 0 aromatic carbocycles. The Morgan fingerprint density at radius 2 is 2.09 bits per heavy atom. The molecule has 0 spiro atoms. The standard InChI is InChI=1S/C20H30O3/c1-13-11-20(12-14(13)5-6-16(20)21)10-7-15-18(2)8-4-9-19(15,3)23-17(18)22/h14-16,21H,1,4-12H2,2-3H3/t14-,15-,16-,18-,19+,20-/m1/s1. The van der Waals surface area contributed by atoms with Gasteiger partial charge in [0.1, 0.15) is 5.60 Å². The van der Waals surface area contributed by atoms with Crippen molar-refractivity contribution in [3.8, 4) is 0 Å². The van der Waals surface area contributed by atoms with Gasteiger partial charge in [-0.25, -0.2) is 0 Å². The van der Waals surface area contributed by atoms with Crippen LogP contribution in [-0.2, 0) is 9.53 Å². The van der Waals surface area contributed by atoms with Crippen molar-refractivity contribution in [1.29, 1.82) is 0 Å². The fraction of sp³-hybridized carbons (Fsp3) is 0.850. The van der Waals surface area contributed by atoms with E-state index >= 15 is 0 Å². The highest BCUT2D eigenvalue weighted by molar-refractivity contribution is 5.80. The Morgan fingerprint density at radius 1 is 1.30 bits per heavy atom. The third-order valence-corrected chi connectivity index (χ3v) is 7.90. The van der Waals surface area contributed by atoms with Crippen molar-refractivity contribution in [2.45, 2.75) is 83.3 Å². The zero-order valence-corrected chi connectivity index (χ0v) is 14.6. The summed E-state index contributed by atoms with van der Waals surface area (Å²) in [6, 6.07) is 0. The lowest BCUT2D eigenvalue weighted by Crippen LogP contribution is -2.44. The van der Waals surface area contributed by atoms with Crippen LogP contribution >= 0.6 is 0 Å². The molecule has 0 unspecified atom stereocenters. The molecule has 4 rings (SSSR count). The number of hydrogen-bond donors (Lipinski definition) is 1. The summed E-state index contributed by atoms with van der Waals surface area (Å²) in [6.07, 6.45) is 8.93. The second kappa shape index (κ2) is 4.84. The molecule has 3 saturated carbocycles. The van der Waals surface area contributed by atoms with Gasteiger partial charge in [0.15, 0.2) is 0 Å². The van der Waals surface area contributed by atoms with E-state index in [4.69, 9.17) is 4.74 Å². The number of aliphatic hydroxyl groups is 1. The Labute approximate surface area is 139 Å². The first-order valence-electron chi connectivity index (χ1n) is 9.38. The number of carbonyl (C=O) groups is 1. The third-order valence-electron chi connectivity index (χ3n) is 7.90. The molecule has 128 valence electrons. The number of aliphatic hydroxyl groups excluding tert-OH is 1. The molecule has 4 fully saturated rings. The lowest BCUT2D eigenvalue weighted by Gasteiger charge is -2.43. The molecule has 1 saturated heterocycles. The smallest absolute Gasteiger partial charge is 0.312 e. The van der Waals surface area contributed by atoms with Crippen LogP contribution in [0.3, 0.4) is 0 Å². The molecule has 1 N–H and O–H groups in total. The maximum Gasteiger partial charge on any atom is 0.312 e. The van der Waals surface area contributed by atoms with Crippen molar-refractivity contribution in [2.75, 3.05) is 0 Å². The number of fused-ring (bicyclic) bond motifs is 4. The average molecular weight is 318 g/mol. The summed E-state index contributed by atoms with van der Waals surface area (Å²) < 4.78 is 5.83. The Balaban J connectivity index is 1.55. The van der Waals surface area contributed by atoms with E-state index < -0.39 is 0 Å². The second-order valence-electron chi connectivity index (χ2n) is 9.26. The first-order valence-corrected chi connectivity index (χ1v) is 9.38. The minimum absolute atomic E-state index is 0.0119. The predicted octanol–water partition coefficient (Wildman–Crippen LogP) is 4.00. The van der Waals surface area contributed by atoms with E-state index in [0.29, 0.717) is 11.8 Å². The van der Waals surface area contributed by atoms with E-state index in [1.54, 1.807) is 0 Å². The molecular formula is C20H30O3. The summed E-state index contributed by atoms with van der Waals surface area (Å²) >= 11 is 0. The molecule has 0 aromatic heterocycles. The van der Waals surface area contributed by atoms with Crippen molar-refractivity contribution in [1.82, 2.24) is 0 Å². The molecule has 1 heterocycles. The van der Waals surface area contributed by atoms with Crippen LogP contribution in [0.25, 0.3) is 0 Å². The molecular weight excluding hydrogens is 288 g/mol. The summed E-state index contributed by atoms with van der Waals surface area (Å²) in [5.74, 6) is 0.926. The number of hydrogen-bond acceptors (Lipinski definition) is 3. The molecule has 3 aliphatic carbocycles. The summed E-state index contributed by atoms with van der Waals surface area (Å²) in [5, 5.41) is 10.7. The summed E-state index contributed by atoms with van der Waals surface area (Å²) in [4.78, 5) is 12.4. The van der Waals surface area contributed by atoms with Gasteiger partial charge >= 0.3 is 5.97 Å². The second-order valence-corrected chi connectivity index (χ2v) is 9.26. The van der Waals surface area contributed by atoms with Gasteiger partial charge in [-0.05, 0) is 77.6 Å². The van der Waals surface area contributed by atoms with Gasteiger partial charge in [0.25, 0.3) is 0 Å². The van der Waals surface area contributed by atoms with Crippen LogP contribution in [0, 0.1) is 22.7 Å². The fourth-order valence-electron chi connectivity index (χ4n) is 6.47. The number of esters is 1. The Kier molecular flexibility index (Phi) is 3.30. The predicted molar refractivity (Wildman–Crippen MR) is 88.7 cm³/mol. The van der Waals surface area contributed by atoms with Gasteiger partial charge in [0.2, 0.25) is 0 Å². The largest absolute Gasteiger partial charge is 0.459 e. The quantitative estimate of drug-likeness (QED) is 0.632. The van der Waals surface area contributed by atoms with Gasteiger partial charge in [-0.1, -0.05) is 12.2 Å². The van der Waals surface area contributed by atoms with Crippen LogP contribution in [0.15, 0.2) is 12.2 Å². The van der Waals surface area contributed by atoms with Gasteiger partial charge in [-0.15, -0.1) is 0 Å². The average Bonchev–Trinajstić information content (AvgIpc) is 2.80. The maximum absolute atomic E-state index is 12.4. The molecule has 6 atom stereocenters. The lowest BCUT2D eigenvalue weighted by molar-refractivity contribution is -0.151. The van der Waals surface area contributed by atoms with E-state index in [1.807, 2.05) is 0 Å². The van der Waals surface area contributed by atoms with Crippen LogP contribution in [-0.4, -0.2) is 22.8 Å². The number of rotatable bonds is 3. The van der Waals surface area contributed by atoms with Gasteiger partial charge in [0.05, 0.1) is 11.5 Å². The number of ether oxygens (including phenoxy) is 1. The zero-order chi connectivity index (χ0) is 16.5. The van der Waals surface area contributed by atoms with Gasteiger partial charge < -0.3 is 9.84 Å². The number of allylic oxidation sites excluding steroid dienone is 1. The lowest BCUT2D eigenvalue weighted by atomic mass is 9.59. The Hall–Kier alpha value is -0.830. The first kappa shape index (κ1) is 15.7. The van der Waals surface area contributed by atoms with Crippen molar-refractivity contribution in [3.05, 3.63) is 12.2 Å². The zero-order valence-electron chi connectivity index (χ0n) is 14.6. The minimum atomic E-state index is -0.307. The van der Waals surface area contributed by atoms with Crippen LogP contribution in [0.4, 0.5) is 0 Å². The Bertz CT molecular complexity index is 555. The number of carbonyl (C=O) groups excluding carboxylic acids is 1. The van der Waals surface area contributed by atoms with E-state index in [-0.39, 0.29) is 28.5 Å². The molecule has 4 bridgehead atoms. The highest BCUT2D eigenvalue weighted by Crippen LogP contribution is 2.60. The maximum atomic E-state index is 12.4. The summed E-state index contributed by atoms with van der Waals surface area (Å²) in [5.41, 5.74) is 0.776. The molecule has 3 heteroatoms. The van der Waals surface area contributed by atoms with E-state index in [9.17, 15) is 9.90 Å². The molecule has 1 aliphatic heterocycles. The molecule has 0 aromatic rings. The molecule has 0 radical (unpaired) electrons. The van der Waals surface area contributed by atoms with Crippen molar-refractivity contribution >= 4 is 5.97 Å². The van der Waals surface area contributed by atoms with Crippen LogP contribution in [0.2, 0.25) is 0 Å². The fourth-order valence-corrected chi connectivity index (χ4v) is 6.47. The van der Waals surface area contributed by atoms with E-state index in [1.165, 1.54) is 5.57 Å². The topological polar surface area (TPSA) is 46.5 Å². The molecule has 3 nitrogen and oxygen atoms in total. The first-order chi connectivity index (χ1) is 10.8. The van der Waals surface area contributed by atoms with Crippen LogP contribution < -0.4 is 0 Å². The van der Waals surface area contributed by atoms with E-state index in [2.05, 4.69) is 20.4 Å². The Morgan fingerprint density at radius 3 is 2.83 bits per heavy atom. The van der Waals surface area contributed by atoms with Crippen molar-refractivity contribution < 1.29 is 14.6 Å². The normalized spacial score (nSPS) is 51.9. The van der Waals surface area contributed by atoms with Crippen molar-refractivity contribution in [3.63, 3.8) is 0 Å².